The molecule has 1 amide bonds. The first kappa shape index (κ1) is 15.7. The summed E-state index contributed by atoms with van der Waals surface area (Å²) in [6, 6.07) is 0.752. The molecule has 1 N–H and O–H groups in total. The average Bonchev–Trinajstić information content (AvgIpc) is 2.99. The van der Waals surface area contributed by atoms with E-state index in [1.165, 1.54) is 42.0 Å². The van der Waals surface area contributed by atoms with E-state index in [2.05, 4.69) is 12.2 Å². The first-order valence-electron chi connectivity index (χ1n) is 8.24. The highest BCUT2D eigenvalue weighted by molar-refractivity contribution is 7.11. The Bertz CT molecular complexity index is 500. The number of hydrogen-bond donors (Lipinski definition) is 1. The third-order valence-corrected chi connectivity index (χ3v) is 5.99. The molecule has 1 saturated heterocycles. The summed E-state index contributed by atoms with van der Waals surface area (Å²) in [4.78, 5) is 19.6. The van der Waals surface area contributed by atoms with E-state index in [9.17, 15) is 4.79 Å². The number of piperidine rings is 1. The molecule has 1 aliphatic heterocycles. The van der Waals surface area contributed by atoms with Crippen LogP contribution in [-0.2, 0) is 17.6 Å². The average molecular weight is 323 g/mol. The summed E-state index contributed by atoms with van der Waals surface area (Å²) < 4.78 is 4.78. The lowest BCUT2D eigenvalue weighted by molar-refractivity contribution is 0.109. The number of amides is 1. The van der Waals surface area contributed by atoms with Gasteiger partial charge in [-0.2, -0.15) is 0 Å². The fraction of sp³-hybridized carbons (Fsp3) is 0.750. The zero-order valence-electron chi connectivity index (χ0n) is 13.4. The highest BCUT2D eigenvalue weighted by Gasteiger charge is 2.25. The Morgan fingerprint density at radius 2 is 2.09 bits per heavy atom. The summed E-state index contributed by atoms with van der Waals surface area (Å²) in [6.07, 6.45) is 6.69. The molecule has 122 valence electrons. The summed E-state index contributed by atoms with van der Waals surface area (Å²) in [5.74, 6) is 0. The molecule has 0 unspecified atom stereocenters. The normalized spacial score (nSPS) is 20.5. The van der Waals surface area contributed by atoms with Crippen LogP contribution in [0, 0.1) is 0 Å². The van der Waals surface area contributed by atoms with Crippen molar-refractivity contribution < 1.29 is 9.53 Å². The van der Waals surface area contributed by atoms with Crippen LogP contribution in [0.15, 0.2) is 0 Å². The Morgan fingerprint density at radius 1 is 1.36 bits per heavy atom. The minimum absolute atomic E-state index is 0.209. The van der Waals surface area contributed by atoms with Crippen molar-refractivity contribution in [1.82, 2.24) is 15.2 Å². The topological polar surface area (TPSA) is 54.5 Å². The van der Waals surface area contributed by atoms with Gasteiger partial charge in [-0.05, 0) is 45.4 Å². The number of rotatable bonds is 3. The third kappa shape index (κ3) is 3.43. The molecule has 5 nitrogen and oxygen atoms in total. The minimum Gasteiger partial charge on any atom is -0.453 e. The number of likely N-dealkylation sites (tertiary alicyclic amines) is 1. The highest BCUT2D eigenvalue weighted by Crippen LogP contribution is 2.30. The number of carbonyl (C=O) groups is 1. The lowest BCUT2D eigenvalue weighted by Crippen LogP contribution is -2.45. The van der Waals surface area contributed by atoms with E-state index in [1.807, 2.05) is 11.3 Å². The van der Waals surface area contributed by atoms with E-state index < -0.39 is 0 Å². The summed E-state index contributed by atoms with van der Waals surface area (Å²) >= 11 is 1.88. The molecule has 2 heterocycles. The van der Waals surface area contributed by atoms with Gasteiger partial charge in [-0.3, -0.25) is 0 Å². The maximum absolute atomic E-state index is 11.5. The number of methoxy groups -OCH3 is 1. The van der Waals surface area contributed by atoms with Gasteiger partial charge in [-0.1, -0.05) is 0 Å². The fourth-order valence-corrected chi connectivity index (χ4v) is 4.50. The van der Waals surface area contributed by atoms with E-state index in [4.69, 9.17) is 9.72 Å². The maximum Gasteiger partial charge on any atom is 0.409 e. The lowest BCUT2D eigenvalue weighted by atomic mass is 10.0. The van der Waals surface area contributed by atoms with Crippen molar-refractivity contribution in [2.24, 2.45) is 0 Å². The van der Waals surface area contributed by atoms with Crippen LogP contribution in [0.1, 0.15) is 54.2 Å². The third-order valence-electron chi connectivity index (χ3n) is 4.65. The van der Waals surface area contributed by atoms with E-state index >= 15 is 0 Å². The van der Waals surface area contributed by atoms with Crippen molar-refractivity contribution in [3.8, 4) is 0 Å². The van der Waals surface area contributed by atoms with Crippen molar-refractivity contribution in [3.63, 3.8) is 0 Å². The van der Waals surface area contributed by atoms with Crippen LogP contribution in [0.25, 0.3) is 0 Å². The second kappa shape index (κ2) is 6.96. The molecule has 0 spiro atoms. The van der Waals surface area contributed by atoms with E-state index in [1.54, 1.807) is 4.90 Å². The van der Waals surface area contributed by atoms with Crippen LogP contribution in [0.3, 0.4) is 0 Å². The Labute approximate surface area is 136 Å². The smallest absolute Gasteiger partial charge is 0.409 e. The van der Waals surface area contributed by atoms with Crippen LogP contribution < -0.4 is 5.32 Å². The van der Waals surface area contributed by atoms with Gasteiger partial charge in [-0.15, -0.1) is 11.3 Å². The number of nitrogens with zero attached hydrogens (tertiary/aromatic N) is 2. The van der Waals surface area contributed by atoms with Gasteiger partial charge in [0.25, 0.3) is 0 Å². The number of fused-ring (bicyclic) bond motifs is 1. The Kier molecular flexibility index (Phi) is 4.98. The Hall–Kier alpha value is -1.14. The molecule has 0 bridgehead atoms. The molecule has 3 rings (SSSR count). The number of ether oxygens (including phenoxy) is 1. The second-order valence-electron chi connectivity index (χ2n) is 6.25. The van der Waals surface area contributed by atoms with Crippen LogP contribution in [0.5, 0.6) is 0 Å². The van der Waals surface area contributed by atoms with Crippen molar-refractivity contribution in [1.29, 1.82) is 0 Å². The van der Waals surface area contributed by atoms with Crippen molar-refractivity contribution in [3.05, 3.63) is 15.6 Å². The quantitative estimate of drug-likeness (QED) is 0.929. The zero-order chi connectivity index (χ0) is 15.5. The summed E-state index contributed by atoms with van der Waals surface area (Å²) in [5.41, 5.74) is 1.33. The first-order valence-corrected chi connectivity index (χ1v) is 9.06. The van der Waals surface area contributed by atoms with Crippen LogP contribution in [0.2, 0.25) is 0 Å². The predicted molar refractivity (Wildman–Crippen MR) is 87.3 cm³/mol. The lowest BCUT2D eigenvalue weighted by Gasteiger charge is -2.32. The van der Waals surface area contributed by atoms with Crippen molar-refractivity contribution in [2.45, 2.75) is 57.5 Å². The number of carbonyl (C=O) groups excluding carboxylic acids is 1. The Balaban J connectivity index is 1.53. The molecule has 22 heavy (non-hydrogen) atoms. The van der Waals surface area contributed by atoms with Gasteiger partial charge < -0.3 is 15.0 Å². The molecular weight excluding hydrogens is 298 g/mol. The molecule has 6 heteroatoms. The molecule has 1 atom stereocenters. The van der Waals surface area contributed by atoms with Gasteiger partial charge in [0.2, 0.25) is 0 Å². The van der Waals surface area contributed by atoms with Crippen molar-refractivity contribution >= 4 is 17.4 Å². The highest BCUT2D eigenvalue weighted by atomic mass is 32.1. The van der Waals surface area contributed by atoms with Gasteiger partial charge in [0.05, 0.1) is 18.8 Å². The van der Waals surface area contributed by atoms with Crippen LogP contribution in [0.4, 0.5) is 4.79 Å². The molecule has 2 aliphatic rings. The van der Waals surface area contributed by atoms with E-state index in [0.29, 0.717) is 12.1 Å². The van der Waals surface area contributed by atoms with Gasteiger partial charge in [0.1, 0.15) is 5.01 Å². The number of thiazole rings is 1. The van der Waals surface area contributed by atoms with Crippen LogP contribution in [-0.4, -0.2) is 42.2 Å². The molecular formula is C16H25N3O2S. The van der Waals surface area contributed by atoms with E-state index in [-0.39, 0.29) is 6.09 Å². The summed E-state index contributed by atoms with van der Waals surface area (Å²) in [7, 11) is 1.44. The van der Waals surface area contributed by atoms with Crippen LogP contribution >= 0.6 is 11.3 Å². The summed E-state index contributed by atoms with van der Waals surface area (Å²) in [6.45, 7) is 3.74. The van der Waals surface area contributed by atoms with Gasteiger partial charge in [-0.25, -0.2) is 9.78 Å². The predicted octanol–water partition coefficient (Wildman–Crippen LogP) is 2.90. The minimum atomic E-state index is -0.209. The molecule has 1 aromatic rings. The van der Waals surface area contributed by atoms with Gasteiger partial charge >= 0.3 is 6.09 Å². The Morgan fingerprint density at radius 3 is 2.77 bits per heavy atom. The molecule has 1 aliphatic carbocycles. The standard InChI is InChI=1S/C16H25N3O2S/c1-11(15-18-13-5-3-4-6-14(13)22-15)17-12-7-9-19(10-8-12)16(20)21-2/h11-12,17H,3-10H2,1-2H3/t11-/m0/s1. The van der Waals surface area contributed by atoms with Gasteiger partial charge in [0.15, 0.2) is 0 Å². The van der Waals surface area contributed by atoms with Crippen molar-refractivity contribution in [2.75, 3.05) is 20.2 Å². The zero-order valence-corrected chi connectivity index (χ0v) is 14.2. The number of nitrogens with one attached hydrogen (secondary N) is 1. The second-order valence-corrected chi connectivity index (χ2v) is 7.36. The molecule has 0 aromatic carbocycles. The van der Waals surface area contributed by atoms with Gasteiger partial charge in [0, 0.05) is 24.0 Å². The summed E-state index contributed by atoms with van der Waals surface area (Å²) in [5, 5.41) is 4.92. The number of hydrogen-bond acceptors (Lipinski definition) is 5. The number of aryl methyl sites for hydroxylation is 2. The largest absolute Gasteiger partial charge is 0.453 e. The van der Waals surface area contributed by atoms with E-state index in [0.717, 1.165) is 32.4 Å². The fourth-order valence-electron chi connectivity index (χ4n) is 3.34. The number of aromatic nitrogens is 1. The molecule has 1 fully saturated rings. The monoisotopic (exact) mass is 323 g/mol. The molecule has 0 radical (unpaired) electrons. The SMILES string of the molecule is COC(=O)N1CCC(N[C@@H](C)c2nc3c(s2)CCCC3)CC1. The molecule has 1 aromatic heterocycles. The maximum atomic E-state index is 11.5. The molecule has 0 saturated carbocycles. The first-order chi connectivity index (χ1) is 10.7.